The Balaban J connectivity index is 1.68. The van der Waals surface area contributed by atoms with Gasteiger partial charge >= 0.3 is 7.60 Å². The molecular weight excluding hydrogens is 291 g/mol. The van der Waals surface area contributed by atoms with Crippen LogP contribution in [0.4, 0.5) is 0 Å². The second kappa shape index (κ2) is 8.06. The van der Waals surface area contributed by atoms with Crippen LogP contribution in [0.1, 0.15) is 19.4 Å². The van der Waals surface area contributed by atoms with Crippen molar-refractivity contribution in [2.24, 2.45) is 0 Å². The number of hydrogen-bond donors (Lipinski definition) is 0. The largest absolute Gasteiger partial charge is 0.374 e. The summed E-state index contributed by atoms with van der Waals surface area (Å²) in [5.74, 6) is 0. The Kier molecular flexibility index (Phi) is 6.40. The van der Waals surface area contributed by atoms with Crippen molar-refractivity contribution in [2.75, 3.05) is 26.0 Å². The number of rotatable bonds is 10. The Morgan fingerprint density at radius 2 is 1.76 bits per heavy atom. The summed E-state index contributed by atoms with van der Waals surface area (Å²) in [6, 6.07) is 9.97. The summed E-state index contributed by atoms with van der Waals surface area (Å²) in [5.41, 5.74) is 1.13. The molecule has 0 radical (unpaired) electrons. The molecule has 0 spiro atoms. The molecule has 21 heavy (non-hydrogen) atoms. The van der Waals surface area contributed by atoms with E-state index in [0.29, 0.717) is 32.6 Å². The molecule has 0 aromatic heterocycles. The lowest BCUT2D eigenvalue weighted by Gasteiger charge is -2.15. The monoisotopic (exact) mass is 314 g/mol. The normalized spacial score (nSPS) is 21.4. The van der Waals surface area contributed by atoms with Gasteiger partial charge in [-0.2, -0.15) is 0 Å². The lowest BCUT2D eigenvalue weighted by molar-refractivity contribution is 0.104. The molecule has 2 rings (SSSR count). The van der Waals surface area contributed by atoms with E-state index < -0.39 is 7.60 Å². The van der Waals surface area contributed by atoms with Crippen molar-refractivity contribution in [3.05, 3.63) is 35.9 Å². The van der Waals surface area contributed by atoms with Crippen molar-refractivity contribution in [3.8, 4) is 0 Å². The number of benzene rings is 1. The first-order valence-electron chi connectivity index (χ1n) is 7.32. The highest BCUT2D eigenvalue weighted by molar-refractivity contribution is 7.53. The second-order valence-electron chi connectivity index (χ2n) is 4.84. The lowest BCUT2D eigenvalue weighted by atomic mass is 10.2. The van der Waals surface area contributed by atoms with E-state index in [4.69, 9.17) is 18.5 Å². The van der Waals surface area contributed by atoms with Crippen LogP contribution in [0.25, 0.3) is 0 Å². The van der Waals surface area contributed by atoms with Crippen LogP contribution in [0.5, 0.6) is 0 Å². The van der Waals surface area contributed by atoms with Crippen LogP contribution in [0, 0.1) is 0 Å². The molecule has 0 unspecified atom stereocenters. The molecule has 5 nitrogen and oxygen atoms in total. The maximum absolute atomic E-state index is 12.3. The Labute approximate surface area is 126 Å². The van der Waals surface area contributed by atoms with Crippen LogP contribution in [-0.4, -0.2) is 38.2 Å². The first kappa shape index (κ1) is 16.7. The van der Waals surface area contributed by atoms with Gasteiger partial charge in [-0.3, -0.25) is 4.57 Å². The zero-order valence-electron chi connectivity index (χ0n) is 12.6. The third-order valence-electron chi connectivity index (χ3n) is 3.14. The van der Waals surface area contributed by atoms with Crippen LogP contribution in [0.15, 0.2) is 30.3 Å². The highest BCUT2D eigenvalue weighted by Gasteiger charge is 2.45. The number of epoxide rings is 1. The minimum absolute atomic E-state index is 0.0112. The van der Waals surface area contributed by atoms with Gasteiger partial charge in [-0.05, 0) is 19.4 Å². The standard InChI is InChI=1S/C15H23O5P/c1-3-18-21(16,19-4-2)12-15-14(20-15)11-17-10-13-8-6-5-7-9-13/h5-9,14-15H,3-4,10-12H2,1-2H3/t14-,15+/m0/s1. The highest BCUT2D eigenvalue weighted by atomic mass is 31.2. The molecule has 6 heteroatoms. The van der Waals surface area contributed by atoms with Crippen molar-refractivity contribution < 1.29 is 23.1 Å². The Morgan fingerprint density at radius 3 is 2.38 bits per heavy atom. The molecule has 0 N–H and O–H groups in total. The van der Waals surface area contributed by atoms with Crippen molar-refractivity contribution in [3.63, 3.8) is 0 Å². The first-order valence-corrected chi connectivity index (χ1v) is 9.05. The van der Waals surface area contributed by atoms with Crippen molar-refractivity contribution in [1.29, 1.82) is 0 Å². The quantitative estimate of drug-likeness (QED) is 0.490. The molecule has 1 aliphatic heterocycles. The van der Waals surface area contributed by atoms with E-state index >= 15 is 0 Å². The Bertz CT molecular complexity index is 454. The summed E-state index contributed by atoms with van der Waals surface area (Å²) in [6.45, 7) is 5.41. The Morgan fingerprint density at radius 1 is 1.10 bits per heavy atom. The number of ether oxygens (including phenoxy) is 2. The van der Waals surface area contributed by atoms with Gasteiger partial charge in [0.15, 0.2) is 0 Å². The van der Waals surface area contributed by atoms with E-state index in [1.54, 1.807) is 13.8 Å². The molecule has 1 aromatic rings. The fraction of sp³-hybridized carbons (Fsp3) is 0.600. The summed E-state index contributed by atoms with van der Waals surface area (Å²) in [6.07, 6.45) is 0.196. The van der Waals surface area contributed by atoms with E-state index in [9.17, 15) is 4.57 Å². The van der Waals surface area contributed by atoms with E-state index in [2.05, 4.69) is 0 Å². The van der Waals surface area contributed by atoms with E-state index in [0.717, 1.165) is 5.56 Å². The molecule has 1 heterocycles. The van der Waals surface area contributed by atoms with Gasteiger partial charge in [0, 0.05) is 0 Å². The maximum atomic E-state index is 12.3. The fourth-order valence-corrected chi connectivity index (χ4v) is 3.94. The van der Waals surface area contributed by atoms with Gasteiger partial charge in [-0.15, -0.1) is 0 Å². The summed E-state index contributed by atoms with van der Waals surface area (Å²) in [4.78, 5) is 0. The van der Waals surface area contributed by atoms with Crippen molar-refractivity contribution in [1.82, 2.24) is 0 Å². The predicted octanol–water partition coefficient (Wildman–Crippen LogP) is 3.24. The second-order valence-corrected chi connectivity index (χ2v) is 6.95. The van der Waals surface area contributed by atoms with Crippen LogP contribution < -0.4 is 0 Å². The minimum Gasteiger partial charge on any atom is -0.374 e. The van der Waals surface area contributed by atoms with Gasteiger partial charge in [-0.1, -0.05) is 30.3 Å². The van der Waals surface area contributed by atoms with E-state index in [1.807, 2.05) is 30.3 Å². The molecule has 0 bridgehead atoms. The molecule has 2 atom stereocenters. The zero-order valence-corrected chi connectivity index (χ0v) is 13.5. The van der Waals surface area contributed by atoms with Gasteiger partial charge in [0.25, 0.3) is 0 Å². The molecule has 0 amide bonds. The zero-order chi connectivity index (χ0) is 15.1. The molecule has 0 saturated carbocycles. The highest BCUT2D eigenvalue weighted by Crippen LogP contribution is 2.51. The first-order chi connectivity index (χ1) is 10.2. The molecular formula is C15H23O5P. The van der Waals surface area contributed by atoms with Crippen LogP contribution in [-0.2, 0) is 29.7 Å². The van der Waals surface area contributed by atoms with Crippen LogP contribution in [0.3, 0.4) is 0 Å². The van der Waals surface area contributed by atoms with E-state index in [1.165, 1.54) is 0 Å². The molecule has 1 saturated heterocycles. The van der Waals surface area contributed by atoms with Gasteiger partial charge < -0.3 is 18.5 Å². The summed E-state index contributed by atoms with van der Waals surface area (Å²) >= 11 is 0. The lowest BCUT2D eigenvalue weighted by Crippen LogP contribution is -2.10. The molecule has 118 valence electrons. The predicted molar refractivity (Wildman–Crippen MR) is 80.5 cm³/mol. The van der Waals surface area contributed by atoms with Crippen LogP contribution in [0.2, 0.25) is 0 Å². The van der Waals surface area contributed by atoms with Gasteiger partial charge in [0.2, 0.25) is 0 Å². The minimum atomic E-state index is -3.02. The van der Waals surface area contributed by atoms with Crippen molar-refractivity contribution >= 4 is 7.60 Å². The van der Waals surface area contributed by atoms with Gasteiger partial charge in [0.05, 0.1) is 38.7 Å². The summed E-state index contributed by atoms with van der Waals surface area (Å²) < 4.78 is 33.9. The molecule has 1 aromatic carbocycles. The summed E-state index contributed by atoms with van der Waals surface area (Å²) in [5, 5.41) is 0. The van der Waals surface area contributed by atoms with Crippen LogP contribution >= 0.6 is 7.60 Å². The number of hydrogen-bond acceptors (Lipinski definition) is 5. The van der Waals surface area contributed by atoms with Crippen molar-refractivity contribution in [2.45, 2.75) is 32.7 Å². The average molecular weight is 314 g/mol. The average Bonchev–Trinajstić information content (AvgIpc) is 3.18. The van der Waals surface area contributed by atoms with Gasteiger partial charge in [0.1, 0.15) is 6.10 Å². The molecule has 1 fully saturated rings. The van der Waals surface area contributed by atoms with E-state index in [-0.39, 0.29) is 12.2 Å². The summed E-state index contributed by atoms with van der Waals surface area (Å²) in [7, 11) is -3.02. The SMILES string of the molecule is CCOP(=O)(C[C@H]1O[C@H]1COCc1ccccc1)OCC. The van der Waals surface area contributed by atoms with Gasteiger partial charge in [-0.25, -0.2) is 0 Å². The Hall–Kier alpha value is -0.710. The maximum Gasteiger partial charge on any atom is 0.333 e. The smallest absolute Gasteiger partial charge is 0.333 e. The third kappa shape index (κ3) is 5.53. The third-order valence-corrected chi connectivity index (χ3v) is 5.25. The topological polar surface area (TPSA) is 57.3 Å². The molecule has 1 aliphatic rings. The molecule has 0 aliphatic carbocycles. The fourth-order valence-electron chi connectivity index (χ4n) is 2.11.